The largest absolute Gasteiger partial charge is 0.494 e. The van der Waals surface area contributed by atoms with Gasteiger partial charge in [-0.3, -0.25) is 10.9 Å². The number of benzene rings is 2. The van der Waals surface area contributed by atoms with Crippen molar-refractivity contribution in [2.24, 2.45) is 0 Å². The molecule has 2 aromatic rings. The topological polar surface area (TPSA) is 61.0 Å². The molecule has 0 aromatic heterocycles. The van der Waals surface area contributed by atoms with Crippen LogP contribution in [0.1, 0.15) is 0 Å². The number of halogens is 4. The molecule has 2 rings (SSSR count). The van der Waals surface area contributed by atoms with Crippen molar-refractivity contribution in [1.82, 2.24) is 0 Å². The van der Waals surface area contributed by atoms with Crippen molar-refractivity contribution < 1.29 is 18.9 Å². The van der Waals surface area contributed by atoms with E-state index in [2.05, 4.69) is 87.9 Å². The molecule has 0 aliphatic heterocycles. The summed E-state index contributed by atoms with van der Waals surface area (Å²) >= 11 is 11.4. The van der Waals surface area contributed by atoms with E-state index in [-0.39, 0.29) is 0 Å². The minimum Gasteiger partial charge on any atom is -0.494 e. The lowest BCUT2D eigenvalue weighted by Gasteiger charge is -2.20. The maximum atomic E-state index is 5.54. The van der Waals surface area contributed by atoms with Crippen LogP contribution in [0.25, 0.3) is 0 Å². The first-order valence-electron chi connectivity index (χ1n) is 7.11. The first-order valence-corrected chi connectivity index (χ1v) is 10.9. The summed E-state index contributed by atoms with van der Waals surface area (Å²) in [6.07, 6.45) is 0. The molecule has 142 valence electrons. The standard InChI is InChI=1S/C16H16Br2I2N2O4/c1-23-13-7(17)5-9(15(25-3)11(13)18)21-22-10-6-8(19)14(24-2)12(20)16(10)26-4/h5-6,21-22H,1-4H3. The molecule has 2 aromatic carbocycles. The SMILES string of the molecule is COc1c(Br)cc(NNc2cc(I)c(OC)c(I)c2OC)c(OC)c1Br. The molecular formula is C16H16Br2I2N2O4. The highest BCUT2D eigenvalue weighted by atomic mass is 127. The second kappa shape index (κ2) is 9.73. The predicted octanol–water partition coefficient (Wildman–Crippen LogP) is 5.89. The Bertz CT molecular complexity index is 754. The Morgan fingerprint density at radius 3 is 1.73 bits per heavy atom. The third-order valence-electron chi connectivity index (χ3n) is 3.41. The van der Waals surface area contributed by atoms with Gasteiger partial charge in [0.15, 0.2) is 17.2 Å². The summed E-state index contributed by atoms with van der Waals surface area (Å²) < 4.78 is 25.2. The van der Waals surface area contributed by atoms with Gasteiger partial charge >= 0.3 is 0 Å². The second-order valence-electron chi connectivity index (χ2n) is 4.82. The van der Waals surface area contributed by atoms with Crippen LogP contribution in [0.15, 0.2) is 21.1 Å². The fraction of sp³-hybridized carbons (Fsp3) is 0.250. The van der Waals surface area contributed by atoms with Crippen LogP contribution < -0.4 is 29.8 Å². The van der Waals surface area contributed by atoms with Gasteiger partial charge in [0.05, 0.1) is 47.9 Å². The van der Waals surface area contributed by atoms with Crippen molar-refractivity contribution in [3.8, 4) is 23.0 Å². The molecule has 0 radical (unpaired) electrons. The third kappa shape index (κ3) is 4.38. The number of ether oxygens (including phenoxy) is 4. The van der Waals surface area contributed by atoms with E-state index in [1.54, 1.807) is 28.4 Å². The first kappa shape index (κ1) is 22.0. The molecule has 0 bridgehead atoms. The fourth-order valence-electron chi connectivity index (χ4n) is 2.26. The number of anilines is 2. The number of methoxy groups -OCH3 is 4. The van der Waals surface area contributed by atoms with Gasteiger partial charge in [-0.1, -0.05) is 0 Å². The van der Waals surface area contributed by atoms with Gasteiger partial charge in [-0.25, -0.2) is 0 Å². The van der Waals surface area contributed by atoms with Gasteiger partial charge < -0.3 is 18.9 Å². The molecule has 0 unspecified atom stereocenters. The van der Waals surface area contributed by atoms with Gasteiger partial charge in [0.2, 0.25) is 0 Å². The van der Waals surface area contributed by atoms with Crippen LogP contribution in [-0.4, -0.2) is 28.4 Å². The summed E-state index contributed by atoms with van der Waals surface area (Å²) in [5.74, 6) is 2.72. The molecule has 26 heavy (non-hydrogen) atoms. The van der Waals surface area contributed by atoms with Crippen LogP contribution in [0.5, 0.6) is 23.0 Å². The van der Waals surface area contributed by atoms with Gasteiger partial charge in [-0.2, -0.15) is 0 Å². The van der Waals surface area contributed by atoms with E-state index in [9.17, 15) is 0 Å². The van der Waals surface area contributed by atoms with E-state index >= 15 is 0 Å². The van der Waals surface area contributed by atoms with Crippen molar-refractivity contribution in [2.45, 2.75) is 0 Å². The fourth-order valence-corrected chi connectivity index (χ4v) is 6.21. The molecule has 0 spiro atoms. The van der Waals surface area contributed by atoms with Crippen molar-refractivity contribution in [3.05, 3.63) is 28.2 Å². The zero-order chi connectivity index (χ0) is 19.4. The number of hydrazine groups is 1. The zero-order valence-electron chi connectivity index (χ0n) is 14.3. The molecule has 0 aliphatic carbocycles. The highest BCUT2D eigenvalue weighted by Gasteiger charge is 2.19. The smallest absolute Gasteiger partial charge is 0.161 e. The second-order valence-corrected chi connectivity index (χ2v) is 8.71. The Labute approximate surface area is 196 Å². The van der Waals surface area contributed by atoms with E-state index < -0.39 is 0 Å². The molecule has 0 fully saturated rings. The number of hydrogen-bond acceptors (Lipinski definition) is 6. The van der Waals surface area contributed by atoms with Crippen LogP contribution in [0.4, 0.5) is 11.4 Å². The first-order chi connectivity index (χ1) is 12.4. The van der Waals surface area contributed by atoms with E-state index in [0.29, 0.717) is 21.7 Å². The maximum Gasteiger partial charge on any atom is 0.161 e. The maximum absolute atomic E-state index is 5.54. The minimum absolute atomic E-state index is 0.606. The summed E-state index contributed by atoms with van der Waals surface area (Å²) in [6.45, 7) is 0. The van der Waals surface area contributed by atoms with E-state index in [4.69, 9.17) is 18.9 Å². The highest BCUT2D eigenvalue weighted by Crippen LogP contribution is 2.46. The minimum atomic E-state index is 0.606. The van der Waals surface area contributed by atoms with E-state index in [1.807, 2.05) is 12.1 Å². The molecule has 0 atom stereocenters. The van der Waals surface area contributed by atoms with Gasteiger partial charge in [-0.15, -0.1) is 0 Å². The third-order valence-corrected chi connectivity index (χ3v) is 6.50. The summed E-state index contributed by atoms with van der Waals surface area (Å²) in [5.41, 5.74) is 7.83. The van der Waals surface area contributed by atoms with E-state index in [0.717, 1.165) is 28.7 Å². The monoisotopic (exact) mass is 712 g/mol. The average Bonchev–Trinajstić information content (AvgIpc) is 2.60. The Morgan fingerprint density at radius 2 is 1.23 bits per heavy atom. The summed E-state index contributed by atoms with van der Waals surface area (Å²) in [6, 6.07) is 3.80. The van der Waals surface area contributed by atoms with Gasteiger partial charge in [0.25, 0.3) is 0 Å². The van der Waals surface area contributed by atoms with Gasteiger partial charge in [-0.05, 0) is 89.2 Å². The van der Waals surface area contributed by atoms with Crippen molar-refractivity contribution in [1.29, 1.82) is 0 Å². The normalized spacial score (nSPS) is 10.3. The Balaban J connectivity index is 2.41. The Morgan fingerprint density at radius 1 is 0.731 bits per heavy atom. The van der Waals surface area contributed by atoms with Crippen LogP contribution in [0.2, 0.25) is 0 Å². The Kier molecular flexibility index (Phi) is 8.22. The molecule has 2 N–H and O–H groups in total. The van der Waals surface area contributed by atoms with Crippen LogP contribution in [-0.2, 0) is 0 Å². The van der Waals surface area contributed by atoms with Gasteiger partial charge in [0, 0.05) is 0 Å². The van der Waals surface area contributed by atoms with Crippen LogP contribution >= 0.6 is 77.0 Å². The molecule has 0 aliphatic rings. The Hall–Kier alpha value is -0.340. The van der Waals surface area contributed by atoms with E-state index in [1.165, 1.54) is 0 Å². The van der Waals surface area contributed by atoms with Crippen molar-refractivity contribution >= 4 is 88.4 Å². The lowest BCUT2D eigenvalue weighted by molar-refractivity contribution is 0.387. The molecule has 0 heterocycles. The average molecular weight is 714 g/mol. The molecule has 6 nitrogen and oxygen atoms in total. The molecule has 0 saturated heterocycles. The quantitative estimate of drug-likeness (QED) is 0.276. The number of rotatable bonds is 7. The number of nitrogens with one attached hydrogen (secondary N) is 2. The molecule has 0 amide bonds. The van der Waals surface area contributed by atoms with Crippen LogP contribution in [0, 0.1) is 7.14 Å². The summed E-state index contributed by atoms with van der Waals surface area (Å²) in [7, 11) is 6.46. The lowest BCUT2D eigenvalue weighted by atomic mass is 10.2. The summed E-state index contributed by atoms with van der Waals surface area (Å²) in [4.78, 5) is 0. The van der Waals surface area contributed by atoms with Gasteiger partial charge in [0.1, 0.15) is 13.8 Å². The molecule has 10 heteroatoms. The number of hydrogen-bond donors (Lipinski definition) is 2. The lowest BCUT2D eigenvalue weighted by Crippen LogP contribution is -2.12. The summed E-state index contributed by atoms with van der Waals surface area (Å²) in [5, 5.41) is 0. The van der Waals surface area contributed by atoms with Crippen LogP contribution in [0.3, 0.4) is 0 Å². The van der Waals surface area contributed by atoms with Crippen molar-refractivity contribution in [2.75, 3.05) is 39.3 Å². The molecule has 0 saturated carbocycles. The van der Waals surface area contributed by atoms with Crippen molar-refractivity contribution in [3.63, 3.8) is 0 Å². The molecular weight excluding hydrogens is 698 g/mol. The highest BCUT2D eigenvalue weighted by molar-refractivity contribution is 14.1. The predicted molar refractivity (Wildman–Crippen MR) is 127 cm³/mol. The zero-order valence-corrected chi connectivity index (χ0v) is 21.8.